The summed E-state index contributed by atoms with van der Waals surface area (Å²) in [6.07, 6.45) is 1.67. The third-order valence-corrected chi connectivity index (χ3v) is 4.94. The van der Waals surface area contributed by atoms with Gasteiger partial charge in [-0.3, -0.25) is 9.69 Å². The zero-order chi connectivity index (χ0) is 16.4. The number of ketones is 1. The van der Waals surface area contributed by atoms with Crippen molar-refractivity contribution in [2.75, 3.05) is 13.1 Å². The molecule has 1 aliphatic heterocycles. The summed E-state index contributed by atoms with van der Waals surface area (Å²) in [4.78, 5) is 14.9. The summed E-state index contributed by atoms with van der Waals surface area (Å²) in [7, 11) is 0. The van der Waals surface area contributed by atoms with Crippen LogP contribution in [0.25, 0.3) is 10.8 Å². The number of rotatable bonds is 4. The topological polar surface area (TPSA) is 20.3 Å². The van der Waals surface area contributed by atoms with Crippen LogP contribution in [0.15, 0.2) is 66.7 Å². The Hall–Kier alpha value is -2.45. The van der Waals surface area contributed by atoms with Crippen molar-refractivity contribution in [3.8, 4) is 0 Å². The molecule has 4 rings (SSSR count). The van der Waals surface area contributed by atoms with Crippen molar-refractivity contribution in [2.24, 2.45) is 0 Å². The summed E-state index contributed by atoms with van der Waals surface area (Å²) in [6.45, 7) is 2.84. The minimum Gasteiger partial charge on any atom is -0.298 e. The van der Waals surface area contributed by atoms with E-state index in [1.165, 1.54) is 16.5 Å². The molecule has 0 N–H and O–H groups in total. The van der Waals surface area contributed by atoms with Gasteiger partial charge in [0.15, 0.2) is 5.78 Å². The lowest BCUT2D eigenvalue weighted by Crippen LogP contribution is -2.32. The standard InChI is InChI=1S/C22H21NO/c24-22(20-10-9-17-5-1-3-7-19(17)15-20)12-14-23-13-11-18-6-2-4-8-21(18)16-23/h1-10,15H,11-14,16H2. The molecular formula is C22H21NO. The lowest BCUT2D eigenvalue weighted by Gasteiger charge is -2.28. The molecule has 1 heterocycles. The third kappa shape index (κ3) is 3.10. The van der Waals surface area contributed by atoms with Crippen molar-refractivity contribution in [3.63, 3.8) is 0 Å². The monoisotopic (exact) mass is 315 g/mol. The van der Waals surface area contributed by atoms with Gasteiger partial charge in [-0.05, 0) is 34.4 Å². The maximum absolute atomic E-state index is 12.5. The van der Waals surface area contributed by atoms with Gasteiger partial charge in [0, 0.05) is 31.6 Å². The van der Waals surface area contributed by atoms with E-state index in [4.69, 9.17) is 0 Å². The largest absolute Gasteiger partial charge is 0.298 e. The fraction of sp³-hybridized carbons (Fsp3) is 0.227. The van der Waals surface area contributed by atoms with Crippen molar-refractivity contribution in [3.05, 3.63) is 83.4 Å². The number of nitrogens with zero attached hydrogens (tertiary/aromatic N) is 1. The van der Waals surface area contributed by atoms with Gasteiger partial charge in [-0.1, -0.05) is 60.7 Å². The van der Waals surface area contributed by atoms with Gasteiger partial charge < -0.3 is 0 Å². The Bertz CT molecular complexity index is 884. The van der Waals surface area contributed by atoms with Gasteiger partial charge in [0.25, 0.3) is 0 Å². The van der Waals surface area contributed by atoms with Gasteiger partial charge in [0.05, 0.1) is 0 Å². The third-order valence-electron chi connectivity index (χ3n) is 4.94. The van der Waals surface area contributed by atoms with E-state index in [-0.39, 0.29) is 5.78 Å². The highest BCUT2D eigenvalue weighted by atomic mass is 16.1. The lowest BCUT2D eigenvalue weighted by atomic mass is 9.99. The molecule has 0 atom stereocenters. The number of carbonyl (C=O) groups is 1. The van der Waals surface area contributed by atoms with Crippen LogP contribution in [0.2, 0.25) is 0 Å². The summed E-state index contributed by atoms with van der Waals surface area (Å²) in [5, 5.41) is 2.32. The molecule has 120 valence electrons. The zero-order valence-corrected chi connectivity index (χ0v) is 13.7. The second-order valence-corrected chi connectivity index (χ2v) is 6.53. The molecule has 3 aromatic rings. The van der Waals surface area contributed by atoms with Crippen LogP contribution in [0.1, 0.15) is 27.9 Å². The molecule has 0 fully saturated rings. The van der Waals surface area contributed by atoms with Gasteiger partial charge in [0.2, 0.25) is 0 Å². The minimum absolute atomic E-state index is 0.236. The first-order valence-corrected chi connectivity index (χ1v) is 8.61. The van der Waals surface area contributed by atoms with Gasteiger partial charge in [-0.15, -0.1) is 0 Å². The molecule has 2 heteroatoms. The van der Waals surface area contributed by atoms with Crippen LogP contribution in [0.3, 0.4) is 0 Å². The number of carbonyl (C=O) groups excluding carboxylic acids is 1. The predicted octanol–water partition coefficient (Wildman–Crippen LogP) is 4.47. The zero-order valence-electron chi connectivity index (χ0n) is 13.7. The van der Waals surface area contributed by atoms with E-state index in [2.05, 4.69) is 41.3 Å². The smallest absolute Gasteiger partial charge is 0.164 e. The Morgan fingerprint density at radius 1 is 0.875 bits per heavy atom. The number of hydrogen-bond acceptors (Lipinski definition) is 2. The van der Waals surface area contributed by atoms with E-state index in [1.54, 1.807) is 0 Å². The first-order valence-electron chi connectivity index (χ1n) is 8.61. The molecule has 0 bridgehead atoms. The Labute approximate surface area is 142 Å². The summed E-state index contributed by atoms with van der Waals surface area (Å²) in [6, 6.07) is 22.8. The van der Waals surface area contributed by atoms with Crippen LogP contribution < -0.4 is 0 Å². The fourth-order valence-electron chi connectivity index (χ4n) is 3.51. The average Bonchev–Trinajstić information content (AvgIpc) is 2.65. The molecule has 0 spiro atoms. The highest BCUT2D eigenvalue weighted by Crippen LogP contribution is 2.20. The van der Waals surface area contributed by atoms with Crippen LogP contribution in [-0.4, -0.2) is 23.8 Å². The molecule has 24 heavy (non-hydrogen) atoms. The Kier molecular flexibility index (Phi) is 4.14. The molecule has 0 saturated heterocycles. The van der Waals surface area contributed by atoms with Crippen molar-refractivity contribution < 1.29 is 4.79 Å². The number of fused-ring (bicyclic) bond motifs is 2. The Balaban J connectivity index is 1.41. The molecule has 0 saturated carbocycles. The first-order chi connectivity index (χ1) is 11.8. The predicted molar refractivity (Wildman–Crippen MR) is 98.3 cm³/mol. The molecule has 3 aromatic carbocycles. The molecule has 2 nitrogen and oxygen atoms in total. The van der Waals surface area contributed by atoms with Crippen molar-refractivity contribution >= 4 is 16.6 Å². The lowest BCUT2D eigenvalue weighted by molar-refractivity contribution is 0.0961. The summed E-state index contributed by atoms with van der Waals surface area (Å²) in [5.41, 5.74) is 3.68. The van der Waals surface area contributed by atoms with E-state index in [1.807, 2.05) is 30.3 Å². The maximum atomic E-state index is 12.5. The average molecular weight is 315 g/mol. The SMILES string of the molecule is O=C(CCN1CCc2ccccc2C1)c1ccc2ccccc2c1. The van der Waals surface area contributed by atoms with E-state index in [9.17, 15) is 4.79 Å². The van der Waals surface area contributed by atoms with Crippen LogP contribution >= 0.6 is 0 Å². The molecule has 0 unspecified atom stereocenters. The van der Waals surface area contributed by atoms with Gasteiger partial charge in [-0.25, -0.2) is 0 Å². The molecular weight excluding hydrogens is 294 g/mol. The summed E-state index contributed by atoms with van der Waals surface area (Å²) in [5.74, 6) is 0.236. The summed E-state index contributed by atoms with van der Waals surface area (Å²) >= 11 is 0. The fourth-order valence-corrected chi connectivity index (χ4v) is 3.51. The second-order valence-electron chi connectivity index (χ2n) is 6.53. The van der Waals surface area contributed by atoms with E-state index < -0.39 is 0 Å². The van der Waals surface area contributed by atoms with Crippen LogP contribution in [0.4, 0.5) is 0 Å². The van der Waals surface area contributed by atoms with E-state index >= 15 is 0 Å². The number of hydrogen-bond donors (Lipinski definition) is 0. The number of benzene rings is 3. The van der Waals surface area contributed by atoms with Crippen LogP contribution in [0.5, 0.6) is 0 Å². The van der Waals surface area contributed by atoms with E-state index in [0.29, 0.717) is 6.42 Å². The molecule has 0 radical (unpaired) electrons. The summed E-state index contributed by atoms with van der Waals surface area (Å²) < 4.78 is 0. The Morgan fingerprint density at radius 2 is 1.62 bits per heavy atom. The minimum atomic E-state index is 0.236. The molecule has 0 aliphatic carbocycles. The maximum Gasteiger partial charge on any atom is 0.164 e. The van der Waals surface area contributed by atoms with Crippen LogP contribution in [-0.2, 0) is 13.0 Å². The van der Waals surface area contributed by atoms with Crippen molar-refractivity contribution in [1.29, 1.82) is 0 Å². The van der Waals surface area contributed by atoms with Crippen molar-refractivity contribution in [1.82, 2.24) is 4.90 Å². The number of Topliss-reactive ketones (excluding diaryl/α,β-unsaturated/α-hetero) is 1. The van der Waals surface area contributed by atoms with Gasteiger partial charge in [-0.2, -0.15) is 0 Å². The Morgan fingerprint density at radius 3 is 2.50 bits per heavy atom. The molecule has 0 aromatic heterocycles. The highest BCUT2D eigenvalue weighted by molar-refractivity contribution is 6.00. The van der Waals surface area contributed by atoms with Crippen LogP contribution in [0, 0.1) is 0 Å². The van der Waals surface area contributed by atoms with E-state index in [0.717, 1.165) is 37.0 Å². The highest BCUT2D eigenvalue weighted by Gasteiger charge is 2.16. The normalized spacial score (nSPS) is 14.5. The van der Waals surface area contributed by atoms with Gasteiger partial charge >= 0.3 is 0 Å². The van der Waals surface area contributed by atoms with Crippen molar-refractivity contribution in [2.45, 2.75) is 19.4 Å². The molecule has 0 amide bonds. The molecule has 1 aliphatic rings. The van der Waals surface area contributed by atoms with Gasteiger partial charge in [0.1, 0.15) is 0 Å². The first kappa shape index (κ1) is 15.1. The second kappa shape index (κ2) is 6.58. The quantitative estimate of drug-likeness (QED) is 0.662.